The van der Waals surface area contributed by atoms with E-state index in [9.17, 15) is 4.79 Å². The molecule has 338 valence electrons. The maximum absolute atomic E-state index is 14.0. The van der Waals surface area contributed by atoms with Crippen LogP contribution in [0.1, 0.15) is 39.9 Å². The molecule has 3 aromatic carbocycles. The number of imidazole rings is 1. The molecule has 0 atom stereocenters. The summed E-state index contributed by atoms with van der Waals surface area (Å²) >= 11 is 0. The first-order chi connectivity index (χ1) is 30.7. The highest BCUT2D eigenvalue weighted by Crippen LogP contribution is 2.37. The van der Waals surface area contributed by atoms with Crippen LogP contribution in [0.2, 0.25) is 51.4 Å². The third-order valence-electron chi connectivity index (χ3n) is 12.2. The van der Waals surface area contributed by atoms with Crippen LogP contribution in [-0.2, 0) is 49.1 Å². The second kappa shape index (κ2) is 19.5. The number of carbonyl (C=O) groups is 1. The Bertz CT molecular complexity index is 2540. The van der Waals surface area contributed by atoms with Gasteiger partial charge in [-0.1, -0.05) is 88.7 Å². The second-order valence-electron chi connectivity index (χ2n) is 19.7. The lowest BCUT2D eigenvalue weighted by molar-refractivity contribution is 0.0717. The van der Waals surface area contributed by atoms with E-state index in [-0.39, 0.29) is 5.91 Å². The van der Waals surface area contributed by atoms with Gasteiger partial charge in [0.1, 0.15) is 43.0 Å². The average molecular weight is 900 g/mol. The van der Waals surface area contributed by atoms with E-state index in [1.807, 2.05) is 22.9 Å². The number of ether oxygens (including phenoxy) is 3. The third-order valence-corrected chi connectivity index (χ3v) is 15.6. The van der Waals surface area contributed by atoms with E-state index in [1.165, 1.54) is 5.56 Å². The predicted molar refractivity (Wildman–Crippen MR) is 260 cm³/mol. The maximum atomic E-state index is 14.0. The predicted octanol–water partition coefficient (Wildman–Crippen LogP) is 9.03. The van der Waals surface area contributed by atoms with Crippen LogP contribution < -0.4 is 9.64 Å². The van der Waals surface area contributed by atoms with Crippen molar-refractivity contribution in [1.82, 2.24) is 39.1 Å². The summed E-state index contributed by atoms with van der Waals surface area (Å²) in [5, 5.41) is 6.26. The molecule has 0 unspecified atom stereocenters. The average Bonchev–Trinajstić information content (AvgIpc) is 3.97. The Kier molecular flexibility index (Phi) is 13.8. The van der Waals surface area contributed by atoms with Crippen molar-refractivity contribution in [3.8, 4) is 28.4 Å². The minimum absolute atomic E-state index is 0.164. The zero-order valence-corrected chi connectivity index (χ0v) is 41.1. The molecule has 1 saturated heterocycles. The summed E-state index contributed by atoms with van der Waals surface area (Å²) in [6.45, 7) is 23.3. The fourth-order valence-electron chi connectivity index (χ4n) is 8.16. The molecule has 8 rings (SSSR count). The third kappa shape index (κ3) is 10.8. The van der Waals surface area contributed by atoms with Crippen molar-refractivity contribution in [2.24, 2.45) is 0 Å². The van der Waals surface area contributed by atoms with Crippen molar-refractivity contribution >= 4 is 38.8 Å². The van der Waals surface area contributed by atoms with Gasteiger partial charge in [-0.2, -0.15) is 5.10 Å². The Hall–Kier alpha value is -5.20. The molecule has 13 nitrogen and oxygen atoms in total. The van der Waals surface area contributed by atoms with Gasteiger partial charge in [0, 0.05) is 60.9 Å². The molecule has 0 spiro atoms. The molecule has 5 heterocycles. The van der Waals surface area contributed by atoms with Gasteiger partial charge in [0.15, 0.2) is 5.82 Å². The van der Waals surface area contributed by atoms with E-state index in [1.54, 1.807) is 17.3 Å². The first-order valence-corrected chi connectivity index (χ1v) is 30.2. The second-order valence-corrected chi connectivity index (χ2v) is 30.9. The molecule has 0 saturated carbocycles. The Morgan fingerprint density at radius 1 is 0.797 bits per heavy atom. The van der Waals surface area contributed by atoms with Gasteiger partial charge < -0.3 is 33.5 Å². The number of carbonyl (C=O) groups excluding carboxylic acids is 1. The summed E-state index contributed by atoms with van der Waals surface area (Å²) in [5.41, 5.74) is 8.46. The largest absolute Gasteiger partial charge is 0.489 e. The van der Waals surface area contributed by atoms with Crippen molar-refractivity contribution in [3.05, 3.63) is 107 Å². The van der Waals surface area contributed by atoms with Crippen molar-refractivity contribution in [2.75, 3.05) is 51.3 Å². The molecule has 6 aromatic rings. The molecule has 0 aliphatic carbocycles. The van der Waals surface area contributed by atoms with Gasteiger partial charge in [0.25, 0.3) is 5.91 Å². The van der Waals surface area contributed by atoms with Crippen molar-refractivity contribution in [2.45, 2.75) is 97.9 Å². The topological polar surface area (TPSA) is 116 Å². The number of piperazine rings is 1. The summed E-state index contributed by atoms with van der Waals surface area (Å²) < 4.78 is 23.1. The van der Waals surface area contributed by atoms with E-state index in [2.05, 4.69) is 126 Å². The number of rotatable bonds is 18. The minimum atomic E-state index is -1.34. The first-order valence-electron chi connectivity index (χ1n) is 22.8. The Balaban J connectivity index is 1.10. The lowest BCUT2D eigenvalue weighted by atomic mass is 9.96. The Morgan fingerprint density at radius 3 is 2.22 bits per heavy atom. The number of benzene rings is 3. The highest BCUT2D eigenvalue weighted by Gasteiger charge is 2.33. The van der Waals surface area contributed by atoms with Crippen LogP contribution in [0.25, 0.3) is 33.5 Å². The molecule has 3 aromatic heterocycles. The van der Waals surface area contributed by atoms with E-state index in [0.29, 0.717) is 52.1 Å². The van der Waals surface area contributed by atoms with Gasteiger partial charge in [0.2, 0.25) is 0 Å². The molecular formula is C49H65N9O4Si2. The summed E-state index contributed by atoms with van der Waals surface area (Å²) in [6, 6.07) is 25.3. The molecule has 2 aliphatic heterocycles. The molecule has 0 bridgehead atoms. The highest BCUT2D eigenvalue weighted by molar-refractivity contribution is 6.76. The number of likely N-dealkylation sites (N-methyl/N-ethyl adjacent to an activating group) is 1. The van der Waals surface area contributed by atoms with Crippen LogP contribution in [0.3, 0.4) is 0 Å². The smallest absolute Gasteiger partial charge is 0.274 e. The lowest BCUT2D eigenvalue weighted by Crippen LogP contribution is -2.44. The quantitative estimate of drug-likeness (QED) is 0.0612. The highest BCUT2D eigenvalue weighted by atomic mass is 28.3. The molecule has 0 N–H and O–H groups in total. The first kappa shape index (κ1) is 45.4. The molecular weight excluding hydrogens is 835 g/mol. The van der Waals surface area contributed by atoms with E-state index in [0.717, 1.165) is 107 Å². The number of amides is 1. The van der Waals surface area contributed by atoms with E-state index < -0.39 is 16.1 Å². The van der Waals surface area contributed by atoms with Crippen LogP contribution in [0, 0.1) is 0 Å². The molecule has 0 radical (unpaired) electrons. The standard InChI is InChI=1S/C49H65N9O4Si2/c1-9-37-27-39(62-33-36-13-11-10-12-14-36)16-18-40(37)38-15-17-41-44(28-38)58(35-61-24-26-64(6,7)8)53-47(41)48-52-43-31-56(32-45(43)57(48)34-60-23-25-63(3,4)5)49(59)42-29-51-46(30-50-42)55-21-19-54(2)20-22-55/h10-18,27-30H,9,19-26,31-35H2,1-8H3. The summed E-state index contributed by atoms with van der Waals surface area (Å²) in [6.07, 6.45) is 4.20. The molecule has 2 aliphatic rings. The zero-order valence-electron chi connectivity index (χ0n) is 39.1. The van der Waals surface area contributed by atoms with Crippen LogP contribution in [0.5, 0.6) is 5.75 Å². The van der Waals surface area contributed by atoms with Gasteiger partial charge in [-0.25, -0.2) is 19.6 Å². The lowest BCUT2D eigenvalue weighted by Gasteiger charge is -2.32. The van der Waals surface area contributed by atoms with Gasteiger partial charge in [-0.3, -0.25) is 4.79 Å². The van der Waals surface area contributed by atoms with Gasteiger partial charge in [-0.15, -0.1) is 0 Å². The molecule has 15 heteroatoms. The van der Waals surface area contributed by atoms with Crippen LogP contribution in [-0.4, -0.2) is 108 Å². The number of fused-ring (bicyclic) bond motifs is 2. The van der Waals surface area contributed by atoms with Crippen molar-refractivity contribution in [1.29, 1.82) is 0 Å². The molecule has 1 fully saturated rings. The Morgan fingerprint density at radius 2 is 1.53 bits per heavy atom. The SMILES string of the molecule is CCc1cc(OCc2ccccc2)ccc1-c1ccc2c(-c3nc4c(n3COCC[Si](C)(C)C)CN(C(=O)c3cnc(N5CCN(C)CC5)cn3)C4)nn(COCC[Si](C)(C)C)c2c1. The maximum Gasteiger partial charge on any atom is 0.274 e. The molecule has 1 amide bonds. The monoisotopic (exact) mass is 899 g/mol. The van der Waals surface area contributed by atoms with Crippen LogP contribution in [0.15, 0.2) is 79.1 Å². The zero-order chi connectivity index (χ0) is 45.0. The van der Waals surface area contributed by atoms with E-state index >= 15 is 0 Å². The van der Waals surface area contributed by atoms with Crippen molar-refractivity contribution in [3.63, 3.8) is 0 Å². The normalized spacial score (nSPS) is 14.8. The minimum Gasteiger partial charge on any atom is -0.489 e. The van der Waals surface area contributed by atoms with Crippen LogP contribution >= 0.6 is 0 Å². The Labute approximate surface area is 380 Å². The van der Waals surface area contributed by atoms with Crippen LogP contribution in [0.4, 0.5) is 5.82 Å². The number of aromatic nitrogens is 6. The number of aryl methyl sites for hydroxylation is 1. The van der Waals surface area contributed by atoms with Crippen molar-refractivity contribution < 1.29 is 19.0 Å². The van der Waals surface area contributed by atoms with Gasteiger partial charge in [0.05, 0.1) is 42.4 Å². The number of nitrogens with zero attached hydrogens (tertiary/aromatic N) is 9. The number of anilines is 1. The number of hydrogen-bond donors (Lipinski definition) is 0. The summed E-state index contributed by atoms with van der Waals surface area (Å²) in [7, 11) is -0.512. The summed E-state index contributed by atoms with van der Waals surface area (Å²) in [5.74, 6) is 2.22. The van der Waals surface area contributed by atoms with Gasteiger partial charge >= 0.3 is 0 Å². The fraction of sp³-hybridized carbons (Fsp3) is 0.449. The van der Waals surface area contributed by atoms with Gasteiger partial charge in [-0.05, 0) is 72.1 Å². The fourth-order valence-corrected chi connectivity index (χ4v) is 9.67. The summed E-state index contributed by atoms with van der Waals surface area (Å²) in [4.78, 5) is 34.8. The van der Waals surface area contributed by atoms with E-state index in [4.69, 9.17) is 24.3 Å². The molecule has 64 heavy (non-hydrogen) atoms. The number of hydrogen-bond acceptors (Lipinski definition) is 10.